The first-order valence-corrected chi connectivity index (χ1v) is 10.8. The topological polar surface area (TPSA) is 101 Å². The van der Waals surface area contributed by atoms with Crippen LogP contribution in [0.25, 0.3) is 0 Å². The lowest BCUT2D eigenvalue weighted by molar-refractivity contribution is -0.138. The maximum absolute atomic E-state index is 12.9. The minimum absolute atomic E-state index is 0.155. The summed E-state index contributed by atoms with van der Waals surface area (Å²) in [6.45, 7) is 2.28. The molecule has 0 radical (unpaired) electrons. The van der Waals surface area contributed by atoms with E-state index in [2.05, 4.69) is 20.9 Å². The van der Waals surface area contributed by atoms with Crippen molar-refractivity contribution in [3.8, 4) is 5.75 Å². The minimum atomic E-state index is -4.43. The number of ether oxygens (including phenoxy) is 1. The Morgan fingerprint density at radius 2 is 2.00 bits per heavy atom. The summed E-state index contributed by atoms with van der Waals surface area (Å²) < 4.78 is 45.9. The molecular weight excluding hydrogens is 441 g/mol. The normalized spacial score (nSPS) is 19.5. The third kappa shape index (κ3) is 5.81. The van der Waals surface area contributed by atoms with Gasteiger partial charge in [-0.1, -0.05) is 11.3 Å². The van der Waals surface area contributed by atoms with E-state index in [4.69, 9.17) is 4.74 Å². The first-order chi connectivity index (χ1) is 15.8. The molecule has 2 amide bonds. The van der Waals surface area contributed by atoms with E-state index in [1.165, 1.54) is 12.1 Å². The summed E-state index contributed by atoms with van der Waals surface area (Å²) in [5.74, 6) is -0.556. The molecule has 33 heavy (non-hydrogen) atoms. The third-order valence-corrected chi connectivity index (χ3v) is 5.81. The largest absolute Gasteiger partial charge is 0.490 e. The molecule has 1 aromatic carbocycles. The van der Waals surface area contributed by atoms with Gasteiger partial charge in [0.15, 0.2) is 5.69 Å². The van der Waals surface area contributed by atoms with Crippen LogP contribution in [0.15, 0.2) is 30.5 Å². The molecule has 0 spiro atoms. The van der Waals surface area contributed by atoms with Crippen LogP contribution in [0.1, 0.15) is 41.4 Å². The van der Waals surface area contributed by atoms with Crippen LogP contribution in [0.4, 0.5) is 13.2 Å². The second-order valence-electron chi connectivity index (χ2n) is 8.14. The molecule has 2 fully saturated rings. The number of carbonyl (C=O) groups is 2. The summed E-state index contributed by atoms with van der Waals surface area (Å²) in [4.78, 5) is 26.4. The molecule has 2 aliphatic heterocycles. The summed E-state index contributed by atoms with van der Waals surface area (Å²) in [5.41, 5.74) is -0.605. The van der Waals surface area contributed by atoms with Gasteiger partial charge in [0.25, 0.3) is 5.91 Å². The van der Waals surface area contributed by atoms with Gasteiger partial charge in [0.05, 0.1) is 24.3 Å². The average Bonchev–Trinajstić information content (AvgIpc) is 3.49. The molecule has 178 valence electrons. The van der Waals surface area contributed by atoms with E-state index in [1.807, 2.05) is 0 Å². The number of benzene rings is 1. The number of rotatable bonds is 6. The van der Waals surface area contributed by atoms with Gasteiger partial charge in [-0.05, 0) is 31.2 Å². The molecule has 1 unspecified atom stereocenters. The van der Waals surface area contributed by atoms with Crippen molar-refractivity contribution in [3.05, 3.63) is 41.7 Å². The summed E-state index contributed by atoms with van der Waals surface area (Å²) in [7, 11) is 0. The third-order valence-electron chi connectivity index (χ3n) is 5.81. The van der Waals surface area contributed by atoms with E-state index in [-0.39, 0.29) is 36.0 Å². The molecule has 1 atom stereocenters. The molecule has 0 bridgehead atoms. The fourth-order valence-corrected chi connectivity index (χ4v) is 3.94. The number of nitrogens with zero attached hydrogens (tertiary/aromatic N) is 4. The Morgan fingerprint density at radius 1 is 1.21 bits per heavy atom. The molecule has 12 heteroatoms. The van der Waals surface area contributed by atoms with Gasteiger partial charge in [0.2, 0.25) is 5.91 Å². The van der Waals surface area contributed by atoms with Gasteiger partial charge in [-0.3, -0.25) is 9.59 Å². The first kappa shape index (κ1) is 23.0. The second kappa shape index (κ2) is 9.77. The number of halogens is 3. The molecule has 3 heterocycles. The number of aromatic nitrogens is 3. The number of hydrogen-bond acceptors (Lipinski definition) is 6. The van der Waals surface area contributed by atoms with Crippen LogP contribution < -0.4 is 15.4 Å². The second-order valence-corrected chi connectivity index (χ2v) is 8.14. The van der Waals surface area contributed by atoms with Crippen molar-refractivity contribution >= 4 is 11.8 Å². The minimum Gasteiger partial charge on any atom is -0.490 e. The molecule has 4 rings (SSSR count). The van der Waals surface area contributed by atoms with E-state index < -0.39 is 17.6 Å². The van der Waals surface area contributed by atoms with Crippen molar-refractivity contribution in [1.82, 2.24) is 30.5 Å². The predicted molar refractivity (Wildman–Crippen MR) is 111 cm³/mol. The summed E-state index contributed by atoms with van der Waals surface area (Å²) >= 11 is 0. The van der Waals surface area contributed by atoms with E-state index in [9.17, 15) is 22.8 Å². The van der Waals surface area contributed by atoms with Crippen LogP contribution >= 0.6 is 0 Å². The molecule has 0 saturated carbocycles. The zero-order chi connectivity index (χ0) is 23.4. The lowest BCUT2D eigenvalue weighted by Gasteiger charge is -2.32. The van der Waals surface area contributed by atoms with E-state index in [0.717, 1.165) is 31.6 Å². The quantitative estimate of drug-likeness (QED) is 0.671. The van der Waals surface area contributed by atoms with E-state index in [0.29, 0.717) is 25.9 Å². The Hall–Kier alpha value is -3.15. The molecule has 2 saturated heterocycles. The van der Waals surface area contributed by atoms with Gasteiger partial charge >= 0.3 is 6.18 Å². The molecule has 1 aromatic heterocycles. The Kier molecular flexibility index (Phi) is 6.82. The lowest BCUT2D eigenvalue weighted by Crippen LogP contribution is -2.46. The Balaban J connectivity index is 1.21. The van der Waals surface area contributed by atoms with Gasteiger partial charge in [0.1, 0.15) is 11.9 Å². The zero-order valence-electron chi connectivity index (χ0n) is 17.8. The highest BCUT2D eigenvalue weighted by atomic mass is 19.4. The predicted octanol–water partition coefficient (Wildman–Crippen LogP) is 1.63. The van der Waals surface area contributed by atoms with Gasteiger partial charge in [-0.2, -0.15) is 13.2 Å². The number of hydrogen-bond donors (Lipinski definition) is 2. The lowest BCUT2D eigenvalue weighted by atomic mass is 10.1. The molecular formula is C21H25F3N6O3. The van der Waals surface area contributed by atoms with Gasteiger partial charge in [-0.25, -0.2) is 4.68 Å². The highest BCUT2D eigenvalue weighted by Gasteiger charge is 2.31. The number of amides is 2. The zero-order valence-corrected chi connectivity index (χ0v) is 17.8. The molecule has 0 aliphatic carbocycles. The first-order valence-electron chi connectivity index (χ1n) is 10.8. The standard InChI is InChI=1S/C21H25F3N6O3/c22-21(23,24)14-2-1-3-17(10-14)33-16-5-8-29(9-6-16)19(31)12-26-20(32)18-13-30(28-27-18)15-4-7-25-11-15/h1-3,10,13,15-16,25H,4-9,11-12H2,(H,26,32). The monoisotopic (exact) mass is 466 g/mol. The van der Waals surface area contributed by atoms with Crippen LogP contribution in [0.3, 0.4) is 0 Å². The smallest absolute Gasteiger partial charge is 0.416 e. The van der Waals surface area contributed by atoms with Crippen LogP contribution in [0, 0.1) is 0 Å². The van der Waals surface area contributed by atoms with E-state index >= 15 is 0 Å². The fourth-order valence-electron chi connectivity index (χ4n) is 3.94. The Morgan fingerprint density at radius 3 is 2.70 bits per heavy atom. The highest BCUT2D eigenvalue weighted by Crippen LogP contribution is 2.32. The van der Waals surface area contributed by atoms with Gasteiger partial charge in [-0.15, -0.1) is 5.10 Å². The Labute approximate surface area is 188 Å². The SMILES string of the molecule is O=C(NCC(=O)N1CCC(Oc2cccc(C(F)(F)F)c2)CC1)c1cn(C2CCNC2)nn1. The summed E-state index contributed by atoms with van der Waals surface area (Å²) in [5, 5.41) is 13.7. The number of alkyl halides is 3. The average molecular weight is 466 g/mol. The van der Waals surface area contributed by atoms with Gasteiger partial charge in [0, 0.05) is 32.5 Å². The van der Waals surface area contributed by atoms with Crippen LogP contribution in [0.5, 0.6) is 5.75 Å². The van der Waals surface area contributed by atoms with Crippen LogP contribution in [-0.4, -0.2) is 70.5 Å². The number of piperidine rings is 1. The van der Waals surface area contributed by atoms with Crippen molar-refractivity contribution in [2.45, 2.75) is 37.6 Å². The van der Waals surface area contributed by atoms with Crippen molar-refractivity contribution < 1.29 is 27.5 Å². The van der Waals surface area contributed by atoms with Crippen molar-refractivity contribution in [1.29, 1.82) is 0 Å². The maximum Gasteiger partial charge on any atom is 0.416 e. The van der Waals surface area contributed by atoms with Crippen molar-refractivity contribution in [3.63, 3.8) is 0 Å². The van der Waals surface area contributed by atoms with Crippen LogP contribution in [-0.2, 0) is 11.0 Å². The number of nitrogens with one attached hydrogen (secondary N) is 2. The number of likely N-dealkylation sites (tertiary alicyclic amines) is 1. The van der Waals surface area contributed by atoms with Crippen LogP contribution in [0.2, 0.25) is 0 Å². The highest BCUT2D eigenvalue weighted by molar-refractivity contribution is 5.94. The number of carbonyl (C=O) groups excluding carboxylic acids is 2. The fraction of sp³-hybridized carbons (Fsp3) is 0.524. The summed E-state index contributed by atoms with van der Waals surface area (Å²) in [6.07, 6.45) is -1.25. The molecule has 2 N–H and O–H groups in total. The molecule has 9 nitrogen and oxygen atoms in total. The van der Waals surface area contributed by atoms with Gasteiger partial charge < -0.3 is 20.3 Å². The van der Waals surface area contributed by atoms with Crippen molar-refractivity contribution in [2.75, 3.05) is 32.7 Å². The summed E-state index contributed by atoms with van der Waals surface area (Å²) in [6, 6.07) is 4.94. The van der Waals surface area contributed by atoms with Crippen molar-refractivity contribution in [2.24, 2.45) is 0 Å². The molecule has 2 aliphatic rings. The maximum atomic E-state index is 12.9. The van der Waals surface area contributed by atoms with E-state index in [1.54, 1.807) is 15.8 Å². The molecule has 2 aromatic rings. The Bertz CT molecular complexity index is 982.